The number of rotatable bonds is 8. The van der Waals surface area contributed by atoms with Crippen LogP contribution in [-0.4, -0.2) is 62.3 Å². The van der Waals surface area contributed by atoms with Crippen molar-refractivity contribution in [2.75, 3.05) is 26.7 Å². The van der Waals surface area contributed by atoms with Gasteiger partial charge in [-0.25, -0.2) is 0 Å². The van der Waals surface area contributed by atoms with E-state index in [-0.39, 0.29) is 12.0 Å². The Morgan fingerprint density at radius 3 is 2.74 bits per heavy atom. The minimum atomic E-state index is -0.152. The number of methoxy groups -OCH3 is 1. The van der Waals surface area contributed by atoms with Crippen molar-refractivity contribution in [3.63, 3.8) is 0 Å². The van der Waals surface area contributed by atoms with E-state index >= 15 is 0 Å². The van der Waals surface area contributed by atoms with E-state index in [1.165, 1.54) is 11.7 Å². The molecule has 35 heavy (non-hydrogen) atoms. The smallest absolute Gasteiger partial charge is 0.237 e. The standard InChI is InChI=1S/C26H27N5O3S/c1-33-22-7-4-5-20(11-22)18-34-23-15-30(13-19-8-9-24-25(12-19)29-35-28-24)17-26(32)31(16-23)14-21-6-2-3-10-27-21/h2-12,23H,13-18H2,1H3/t23-/m0/s1. The maximum Gasteiger partial charge on any atom is 0.237 e. The summed E-state index contributed by atoms with van der Waals surface area (Å²) in [5, 5.41) is 0. The van der Waals surface area contributed by atoms with Gasteiger partial charge in [-0.05, 0) is 47.5 Å². The van der Waals surface area contributed by atoms with Gasteiger partial charge in [0.1, 0.15) is 16.8 Å². The van der Waals surface area contributed by atoms with Gasteiger partial charge in [0.15, 0.2) is 0 Å². The van der Waals surface area contributed by atoms with Gasteiger partial charge in [0.25, 0.3) is 0 Å². The number of carbonyl (C=O) groups is 1. The zero-order valence-corrected chi connectivity index (χ0v) is 20.4. The quantitative estimate of drug-likeness (QED) is 0.375. The summed E-state index contributed by atoms with van der Waals surface area (Å²) in [5.41, 5.74) is 4.78. The highest BCUT2D eigenvalue weighted by Crippen LogP contribution is 2.19. The molecule has 4 aromatic rings. The highest BCUT2D eigenvalue weighted by molar-refractivity contribution is 7.00. The SMILES string of the molecule is COc1cccc(CO[C@H]2CN(Cc3ccc4nsnc4c3)CC(=O)N(Cc3ccccn3)C2)c1. The molecule has 0 unspecified atom stereocenters. The average molecular weight is 490 g/mol. The average Bonchev–Trinajstić information content (AvgIpc) is 3.29. The number of aromatic nitrogens is 3. The van der Waals surface area contributed by atoms with Crippen molar-refractivity contribution in [2.45, 2.75) is 25.8 Å². The summed E-state index contributed by atoms with van der Waals surface area (Å²) >= 11 is 1.21. The molecule has 0 spiro atoms. The first-order valence-corrected chi connectivity index (χ1v) is 12.2. The molecule has 1 amide bonds. The Labute approximate surface area is 208 Å². The predicted molar refractivity (Wildman–Crippen MR) is 134 cm³/mol. The number of hydrogen-bond acceptors (Lipinski definition) is 8. The lowest BCUT2D eigenvalue weighted by Crippen LogP contribution is -2.37. The lowest BCUT2D eigenvalue weighted by atomic mass is 10.2. The van der Waals surface area contributed by atoms with Crippen molar-refractivity contribution >= 4 is 28.7 Å². The van der Waals surface area contributed by atoms with Crippen molar-refractivity contribution in [3.05, 3.63) is 83.7 Å². The molecular formula is C26H27N5O3S. The molecule has 0 saturated carbocycles. The molecule has 1 aliphatic heterocycles. The highest BCUT2D eigenvalue weighted by Gasteiger charge is 2.29. The molecule has 0 aliphatic carbocycles. The summed E-state index contributed by atoms with van der Waals surface area (Å²) in [5.74, 6) is 0.868. The summed E-state index contributed by atoms with van der Waals surface area (Å²) in [6, 6.07) is 19.7. The largest absolute Gasteiger partial charge is 0.497 e. The number of hydrogen-bond donors (Lipinski definition) is 0. The van der Waals surface area contributed by atoms with E-state index in [9.17, 15) is 4.79 Å². The van der Waals surface area contributed by atoms with E-state index in [4.69, 9.17) is 9.47 Å². The van der Waals surface area contributed by atoms with Gasteiger partial charge in [-0.3, -0.25) is 14.7 Å². The molecule has 1 fully saturated rings. The van der Waals surface area contributed by atoms with Crippen LogP contribution in [0.3, 0.4) is 0 Å². The van der Waals surface area contributed by atoms with Crippen LogP contribution in [0.2, 0.25) is 0 Å². The van der Waals surface area contributed by atoms with Crippen molar-refractivity contribution in [1.82, 2.24) is 23.5 Å². The summed E-state index contributed by atoms with van der Waals surface area (Å²) in [6.45, 7) is 3.00. The number of carbonyl (C=O) groups excluding carboxylic acids is 1. The van der Waals surface area contributed by atoms with Crippen molar-refractivity contribution in [3.8, 4) is 5.75 Å². The lowest BCUT2D eigenvalue weighted by Gasteiger charge is -2.25. The maximum absolute atomic E-state index is 13.3. The van der Waals surface area contributed by atoms with E-state index in [1.807, 2.05) is 59.5 Å². The van der Waals surface area contributed by atoms with Crippen LogP contribution in [0.1, 0.15) is 16.8 Å². The van der Waals surface area contributed by atoms with Crippen molar-refractivity contribution in [2.24, 2.45) is 0 Å². The van der Waals surface area contributed by atoms with Gasteiger partial charge in [-0.2, -0.15) is 8.75 Å². The van der Waals surface area contributed by atoms with Crippen LogP contribution in [0.5, 0.6) is 5.75 Å². The molecule has 0 bridgehead atoms. The van der Waals surface area contributed by atoms with Gasteiger partial charge in [0, 0.05) is 25.8 Å². The van der Waals surface area contributed by atoms with E-state index in [1.54, 1.807) is 13.3 Å². The Morgan fingerprint density at radius 1 is 0.971 bits per heavy atom. The highest BCUT2D eigenvalue weighted by atomic mass is 32.1. The van der Waals surface area contributed by atoms with Crippen LogP contribution in [0, 0.1) is 0 Å². The van der Waals surface area contributed by atoms with Crippen LogP contribution in [0.15, 0.2) is 66.9 Å². The molecule has 0 radical (unpaired) electrons. The van der Waals surface area contributed by atoms with Crippen LogP contribution >= 0.6 is 11.7 Å². The zero-order chi connectivity index (χ0) is 24.0. The Hall–Kier alpha value is -3.40. The second-order valence-corrected chi connectivity index (χ2v) is 9.17. The third-order valence-corrected chi connectivity index (χ3v) is 6.58. The monoisotopic (exact) mass is 489 g/mol. The van der Waals surface area contributed by atoms with Gasteiger partial charge >= 0.3 is 0 Å². The molecule has 1 aliphatic rings. The molecule has 9 heteroatoms. The summed E-state index contributed by atoms with van der Waals surface area (Å²) in [4.78, 5) is 21.7. The van der Waals surface area contributed by atoms with Gasteiger partial charge in [-0.1, -0.05) is 24.3 Å². The topological polar surface area (TPSA) is 80.7 Å². The molecule has 3 heterocycles. The molecule has 2 aromatic carbocycles. The normalized spacial score (nSPS) is 17.0. The summed E-state index contributed by atoms with van der Waals surface area (Å²) < 4.78 is 20.3. The predicted octanol–water partition coefficient (Wildman–Crippen LogP) is 3.52. The number of fused-ring (bicyclic) bond motifs is 1. The summed E-state index contributed by atoms with van der Waals surface area (Å²) in [7, 11) is 1.66. The second-order valence-electron chi connectivity index (χ2n) is 8.64. The van der Waals surface area contributed by atoms with Gasteiger partial charge in [0.05, 0.1) is 50.3 Å². The first kappa shape index (κ1) is 23.3. The lowest BCUT2D eigenvalue weighted by molar-refractivity contribution is -0.132. The molecule has 180 valence electrons. The van der Waals surface area contributed by atoms with Crippen LogP contribution in [-0.2, 0) is 29.2 Å². The number of pyridine rings is 1. The molecule has 2 aromatic heterocycles. The van der Waals surface area contributed by atoms with E-state index < -0.39 is 0 Å². The van der Waals surface area contributed by atoms with E-state index in [0.29, 0.717) is 39.3 Å². The van der Waals surface area contributed by atoms with E-state index in [2.05, 4.69) is 24.7 Å². The Morgan fingerprint density at radius 2 is 1.89 bits per heavy atom. The molecule has 1 atom stereocenters. The fraction of sp³-hybridized carbons (Fsp3) is 0.308. The summed E-state index contributed by atoms with van der Waals surface area (Å²) in [6.07, 6.45) is 1.60. The third kappa shape index (κ3) is 6.00. The maximum atomic E-state index is 13.3. The van der Waals surface area contributed by atoms with Crippen LogP contribution in [0.25, 0.3) is 11.0 Å². The first-order valence-electron chi connectivity index (χ1n) is 11.5. The van der Waals surface area contributed by atoms with Crippen LogP contribution < -0.4 is 4.74 Å². The Bertz CT molecular complexity index is 1280. The van der Waals surface area contributed by atoms with Crippen molar-refractivity contribution in [1.29, 1.82) is 0 Å². The zero-order valence-electron chi connectivity index (χ0n) is 19.5. The number of ether oxygens (including phenoxy) is 2. The van der Waals surface area contributed by atoms with Gasteiger partial charge in [0.2, 0.25) is 5.91 Å². The van der Waals surface area contributed by atoms with Gasteiger partial charge < -0.3 is 14.4 Å². The first-order chi connectivity index (χ1) is 17.2. The minimum absolute atomic E-state index is 0.0690. The fourth-order valence-corrected chi connectivity index (χ4v) is 4.79. The molecule has 0 N–H and O–H groups in total. The van der Waals surface area contributed by atoms with Crippen LogP contribution in [0.4, 0.5) is 0 Å². The minimum Gasteiger partial charge on any atom is -0.497 e. The van der Waals surface area contributed by atoms with Crippen molar-refractivity contribution < 1.29 is 14.3 Å². The number of nitrogens with zero attached hydrogens (tertiary/aromatic N) is 5. The molecule has 8 nitrogen and oxygen atoms in total. The number of amides is 1. The molecule has 1 saturated heterocycles. The molecule has 5 rings (SSSR count). The second kappa shape index (κ2) is 10.9. The Kier molecular flexibility index (Phi) is 7.27. The van der Waals surface area contributed by atoms with E-state index in [0.717, 1.165) is 33.6 Å². The Balaban J connectivity index is 1.33. The van der Waals surface area contributed by atoms with Gasteiger partial charge in [-0.15, -0.1) is 0 Å². The fourth-order valence-electron chi connectivity index (χ4n) is 4.28. The third-order valence-electron chi connectivity index (χ3n) is 6.02. The number of benzene rings is 2. The molecular weight excluding hydrogens is 462 g/mol.